The number of fused-ring (bicyclic) bond motifs is 2. The van der Waals surface area contributed by atoms with Crippen LogP contribution in [0.15, 0.2) is 0 Å². The van der Waals surface area contributed by atoms with E-state index in [1.165, 1.54) is 51.4 Å². The smallest absolute Gasteiger partial charge is 0.0844 e. The van der Waals surface area contributed by atoms with Crippen molar-refractivity contribution in [3.63, 3.8) is 0 Å². The van der Waals surface area contributed by atoms with E-state index in [1.807, 2.05) is 0 Å². The van der Waals surface area contributed by atoms with E-state index in [1.54, 1.807) is 0 Å². The Balaban J connectivity index is 1.22. The lowest BCUT2D eigenvalue weighted by molar-refractivity contribution is 0.292. The second-order valence-corrected chi connectivity index (χ2v) is 6.36. The van der Waals surface area contributed by atoms with E-state index in [4.69, 9.17) is 9.47 Å². The van der Waals surface area contributed by atoms with E-state index < -0.39 is 0 Å². The highest BCUT2D eigenvalue weighted by atomic mass is 16.6. The van der Waals surface area contributed by atoms with Crippen LogP contribution in [0.25, 0.3) is 0 Å². The van der Waals surface area contributed by atoms with Crippen LogP contribution in [0.2, 0.25) is 0 Å². The average Bonchev–Trinajstić information content (AvgIpc) is 3.19. The Morgan fingerprint density at radius 1 is 0.625 bits per heavy atom. The van der Waals surface area contributed by atoms with Crippen molar-refractivity contribution in [3.05, 3.63) is 0 Å². The van der Waals surface area contributed by atoms with Gasteiger partial charge in [0.2, 0.25) is 0 Å². The summed E-state index contributed by atoms with van der Waals surface area (Å²) in [5.74, 6) is 1.95. The molecular formula is C14H22O2. The number of hydrogen-bond donors (Lipinski definition) is 0. The molecule has 2 aliphatic carbocycles. The summed E-state index contributed by atoms with van der Waals surface area (Å²) in [5, 5.41) is 0. The Hall–Kier alpha value is -0.0800. The molecule has 0 radical (unpaired) electrons. The number of rotatable bonds is 3. The first-order valence-electron chi connectivity index (χ1n) is 7.19. The fraction of sp³-hybridized carbons (Fsp3) is 1.00. The van der Waals surface area contributed by atoms with Crippen molar-refractivity contribution in [2.45, 2.75) is 75.8 Å². The van der Waals surface area contributed by atoms with Crippen molar-refractivity contribution in [3.8, 4) is 0 Å². The van der Waals surface area contributed by atoms with Gasteiger partial charge < -0.3 is 9.47 Å². The number of ether oxygens (including phenoxy) is 2. The predicted octanol–water partition coefficient (Wildman–Crippen LogP) is 2.90. The molecule has 2 saturated heterocycles. The highest BCUT2D eigenvalue weighted by Gasteiger charge is 2.45. The van der Waals surface area contributed by atoms with Crippen LogP contribution < -0.4 is 0 Å². The van der Waals surface area contributed by atoms with Crippen molar-refractivity contribution in [1.82, 2.24) is 0 Å². The van der Waals surface area contributed by atoms with Crippen LogP contribution in [-0.2, 0) is 9.47 Å². The molecule has 2 heteroatoms. The van der Waals surface area contributed by atoms with Crippen LogP contribution in [0.4, 0.5) is 0 Å². The molecule has 0 aromatic rings. The van der Waals surface area contributed by atoms with Gasteiger partial charge >= 0.3 is 0 Å². The first-order chi connectivity index (χ1) is 7.88. The molecule has 90 valence electrons. The Bertz CT molecular complexity index is 250. The van der Waals surface area contributed by atoms with Gasteiger partial charge in [-0.15, -0.1) is 0 Å². The zero-order valence-corrected chi connectivity index (χ0v) is 9.94. The summed E-state index contributed by atoms with van der Waals surface area (Å²) in [7, 11) is 0. The molecular weight excluding hydrogens is 200 g/mol. The van der Waals surface area contributed by atoms with Gasteiger partial charge in [0, 0.05) is 0 Å². The monoisotopic (exact) mass is 222 g/mol. The molecule has 2 aliphatic heterocycles. The maximum absolute atomic E-state index is 5.60. The summed E-state index contributed by atoms with van der Waals surface area (Å²) in [6.07, 6.45) is 13.8. The van der Waals surface area contributed by atoms with Gasteiger partial charge in [0.25, 0.3) is 0 Å². The third-order valence-corrected chi connectivity index (χ3v) is 5.21. The molecule has 4 aliphatic rings. The van der Waals surface area contributed by atoms with Gasteiger partial charge in [0.05, 0.1) is 24.4 Å². The minimum absolute atomic E-state index is 0.668. The lowest BCUT2D eigenvalue weighted by Crippen LogP contribution is -2.17. The van der Waals surface area contributed by atoms with E-state index in [9.17, 15) is 0 Å². The molecule has 0 aromatic carbocycles. The molecule has 16 heavy (non-hydrogen) atoms. The molecule has 0 spiro atoms. The maximum Gasteiger partial charge on any atom is 0.0844 e. The van der Waals surface area contributed by atoms with E-state index in [0.29, 0.717) is 24.4 Å². The van der Waals surface area contributed by atoms with Crippen molar-refractivity contribution in [2.75, 3.05) is 0 Å². The van der Waals surface area contributed by atoms with Crippen LogP contribution in [0.3, 0.4) is 0 Å². The molecule has 0 bridgehead atoms. The third kappa shape index (κ3) is 1.91. The van der Waals surface area contributed by atoms with Gasteiger partial charge in [0.1, 0.15) is 0 Å². The summed E-state index contributed by atoms with van der Waals surface area (Å²) in [6.45, 7) is 0. The van der Waals surface area contributed by atoms with Gasteiger partial charge in [-0.1, -0.05) is 12.8 Å². The van der Waals surface area contributed by atoms with Crippen molar-refractivity contribution in [2.24, 2.45) is 11.8 Å². The van der Waals surface area contributed by atoms with Crippen LogP contribution in [0.5, 0.6) is 0 Å². The quantitative estimate of drug-likeness (QED) is 0.686. The van der Waals surface area contributed by atoms with Gasteiger partial charge in [0.15, 0.2) is 0 Å². The normalized spacial score (nSPS) is 54.0. The summed E-state index contributed by atoms with van der Waals surface area (Å²) in [4.78, 5) is 0. The fourth-order valence-electron chi connectivity index (χ4n) is 3.97. The SMILES string of the molecule is C(CC1CCC2OC2C1)C1CCC2OC2C1. The first kappa shape index (κ1) is 9.90. The minimum atomic E-state index is 0.668. The molecule has 6 unspecified atom stereocenters. The summed E-state index contributed by atoms with van der Waals surface area (Å²) >= 11 is 0. The molecule has 6 atom stereocenters. The van der Waals surface area contributed by atoms with Gasteiger partial charge in [-0.3, -0.25) is 0 Å². The van der Waals surface area contributed by atoms with E-state index in [2.05, 4.69) is 0 Å². The Morgan fingerprint density at radius 3 is 1.56 bits per heavy atom. The number of epoxide rings is 2. The number of hydrogen-bond acceptors (Lipinski definition) is 2. The second kappa shape index (κ2) is 3.71. The second-order valence-electron chi connectivity index (χ2n) is 6.36. The molecule has 2 nitrogen and oxygen atoms in total. The summed E-state index contributed by atoms with van der Waals surface area (Å²) < 4.78 is 11.2. The van der Waals surface area contributed by atoms with E-state index >= 15 is 0 Å². The molecule has 4 fully saturated rings. The maximum atomic E-state index is 5.60. The molecule has 0 N–H and O–H groups in total. The van der Waals surface area contributed by atoms with Crippen LogP contribution in [-0.4, -0.2) is 24.4 Å². The third-order valence-electron chi connectivity index (χ3n) is 5.21. The molecule has 2 heterocycles. The fourth-order valence-corrected chi connectivity index (χ4v) is 3.97. The summed E-state index contributed by atoms with van der Waals surface area (Å²) in [6, 6.07) is 0. The van der Waals surface area contributed by atoms with Crippen LogP contribution >= 0.6 is 0 Å². The average molecular weight is 222 g/mol. The van der Waals surface area contributed by atoms with Gasteiger partial charge in [-0.25, -0.2) is 0 Å². The lowest BCUT2D eigenvalue weighted by atomic mass is 9.80. The van der Waals surface area contributed by atoms with Gasteiger partial charge in [-0.2, -0.15) is 0 Å². The van der Waals surface area contributed by atoms with Crippen LogP contribution in [0.1, 0.15) is 51.4 Å². The van der Waals surface area contributed by atoms with Crippen molar-refractivity contribution in [1.29, 1.82) is 0 Å². The zero-order valence-electron chi connectivity index (χ0n) is 9.94. The Kier molecular flexibility index (Phi) is 2.29. The standard InChI is InChI=1S/C14H22O2/c1(9-3-5-11-13(7-9)15-11)2-10-4-6-12-14(8-10)16-12/h9-14H,1-8H2. The van der Waals surface area contributed by atoms with E-state index in [0.717, 1.165) is 11.8 Å². The predicted molar refractivity (Wildman–Crippen MR) is 61.2 cm³/mol. The highest BCUT2D eigenvalue weighted by Crippen LogP contribution is 2.44. The van der Waals surface area contributed by atoms with Gasteiger partial charge in [-0.05, 0) is 50.4 Å². The molecule has 2 saturated carbocycles. The minimum Gasteiger partial charge on any atom is -0.370 e. The van der Waals surface area contributed by atoms with Crippen molar-refractivity contribution >= 4 is 0 Å². The Labute approximate surface area is 97.7 Å². The zero-order chi connectivity index (χ0) is 10.5. The molecule has 0 aromatic heterocycles. The topological polar surface area (TPSA) is 25.1 Å². The highest BCUT2D eigenvalue weighted by molar-refractivity contribution is 4.94. The van der Waals surface area contributed by atoms with Crippen LogP contribution in [0, 0.1) is 11.8 Å². The molecule has 0 amide bonds. The Morgan fingerprint density at radius 2 is 1.12 bits per heavy atom. The van der Waals surface area contributed by atoms with E-state index in [-0.39, 0.29) is 0 Å². The lowest BCUT2D eigenvalue weighted by Gasteiger charge is -2.23. The molecule has 4 rings (SSSR count). The van der Waals surface area contributed by atoms with Crippen molar-refractivity contribution < 1.29 is 9.47 Å². The summed E-state index contributed by atoms with van der Waals surface area (Å²) in [5.41, 5.74) is 0. The largest absolute Gasteiger partial charge is 0.370 e. The first-order valence-corrected chi connectivity index (χ1v) is 7.19.